The number of imidazole rings is 1. The van der Waals surface area contributed by atoms with Crippen molar-refractivity contribution in [3.63, 3.8) is 0 Å². The van der Waals surface area contributed by atoms with Gasteiger partial charge in [0.15, 0.2) is 5.65 Å². The first kappa shape index (κ1) is 18.1. The largest absolute Gasteiger partial charge is 0.341 e. The Morgan fingerprint density at radius 1 is 1.04 bits per heavy atom. The topological polar surface area (TPSA) is 53.1 Å². The van der Waals surface area contributed by atoms with Crippen LogP contribution in [0.4, 0.5) is 11.5 Å². The lowest BCUT2D eigenvalue weighted by atomic mass is 9.99. The molecule has 28 heavy (non-hydrogen) atoms. The third-order valence-corrected chi connectivity index (χ3v) is 5.30. The zero-order valence-corrected chi connectivity index (χ0v) is 16.4. The summed E-state index contributed by atoms with van der Waals surface area (Å²) in [5.74, 6) is 1.02. The van der Waals surface area contributed by atoms with E-state index in [9.17, 15) is 5.26 Å². The van der Waals surface area contributed by atoms with Gasteiger partial charge >= 0.3 is 0 Å². The Kier molecular flexibility index (Phi) is 4.99. The number of hydrogen-bond donors (Lipinski definition) is 1. The molecule has 0 unspecified atom stereocenters. The standard InChI is InChI=1S/C24H24N4/c1-3-4-6-13-19-17(2)20(16-25)24-27-21-14-9-10-15-22(21)28(24)23(19)26-18-11-7-5-8-12-18/h5,7-12,14-15,26H,3-4,6,13H2,1-2H3. The van der Waals surface area contributed by atoms with Gasteiger partial charge in [-0.1, -0.05) is 50.1 Å². The maximum Gasteiger partial charge on any atom is 0.157 e. The van der Waals surface area contributed by atoms with Crippen LogP contribution in [0.15, 0.2) is 54.6 Å². The van der Waals surface area contributed by atoms with E-state index in [2.05, 4.69) is 47.8 Å². The van der Waals surface area contributed by atoms with Crippen molar-refractivity contribution in [2.45, 2.75) is 39.5 Å². The predicted molar refractivity (Wildman–Crippen MR) is 115 cm³/mol. The van der Waals surface area contributed by atoms with E-state index in [4.69, 9.17) is 4.98 Å². The van der Waals surface area contributed by atoms with Crippen molar-refractivity contribution >= 4 is 28.2 Å². The maximum absolute atomic E-state index is 9.89. The van der Waals surface area contributed by atoms with E-state index in [-0.39, 0.29) is 0 Å². The molecule has 0 saturated heterocycles. The Bertz CT molecular complexity index is 1170. The van der Waals surface area contributed by atoms with Crippen molar-refractivity contribution in [1.82, 2.24) is 9.38 Å². The van der Waals surface area contributed by atoms with Crippen molar-refractivity contribution in [1.29, 1.82) is 5.26 Å². The van der Waals surface area contributed by atoms with Crippen LogP contribution in [0.1, 0.15) is 42.9 Å². The molecule has 4 nitrogen and oxygen atoms in total. The fourth-order valence-corrected chi connectivity index (χ4v) is 3.83. The Hall–Kier alpha value is -3.32. The number of nitrogens with one attached hydrogen (secondary N) is 1. The molecule has 2 aromatic heterocycles. The van der Waals surface area contributed by atoms with Gasteiger partial charge in [-0.25, -0.2) is 4.98 Å². The average Bonchev–Trinajstić information content (AvgIpc) is 3.10. The molecule has 0 aliphatic heterocycles. The zero-order valence-electron chi connectivity index (χ0n) is 16.4. The molecule has 4 heteroatoms. The molecule has 0 bridgehead atoms. The van der Waals surface area contributed by atoms with Crippen LogP contribution in [0.3, 0.4) is 0 Å². The van der Waals surface area contributed by atoms with Crippen molar-refractivity contribution in [2.75, 3.05) is 5.32 Å². The molecule has 140 valence electrons. The number of fused-ring (bicyclic) bond motifs is 3. The van der Waals surface area contributed by atoms with Crippen LogP contribution >= 0.6 is 0 Å². The third-order valence-electron chi connectivity index (χ3n) is 5.30. The van der Waals surface area contributed by atoms with Crippen LogP contribution in [0, 0.1) is 18.3 Å². The Balaban J connectivity index is 2.03. The van der Waals surface area contributed by atoms with Crippen molar-refractivity contribution in [2.24, 2.45) is 0 Å². The zero-order chi connectivity index (χ0) is 19.5. The molecule has 4 rings (SSSR count). The summed E-state index contributed by atoms with van der Waals surface area (Å²) in [6.07, 6.45) is 4.38. The fourth-order valence-electron chi connectivity index (χ4n) is 3.83. The van der Waals surface area contributed by atoms with Crippen LogP contribution in [0.5, 0.6) is 0 Å². The minimum Gasteiger partial charge on any atom is -0.341 e. The van der Waals surface area contributed by atoms with E-state index in [1.54, 1.807) is 0 Å². The molecule has 0 amide bonds. The first-order valence-corrected chi connectivity index (χ1v) is 9.89. The predicted octanol–water partition coefficient (Wildman–Crippen LogP) is 6.14. The van der Waals surface area contributed by atoms with Crippen LogP contribution in [0.2, 0.25) is 0 Å². The number of hydrogen-bond acceptors (Lipinski definition) is 3. The molecule has 4 aromatic rings. The third kappa shape index (κ3) is 3.10. The summed E-state index contributed by atoms with van der Waals surface area (Å²) in [7, 11) is 0. The molecule has 0 atom stereocenters. The van der Waals surface area contributed by atoms with Crippen LogP contribution < -0.4 is 5.32 Å². The summed E-state index contributed by atoms with van der Waals surface area (Å²) < 4.78 is 2.12. The number of para-hydroxylation sites is 3. The normalized spacial score (nSPS) is 11.0. The van der Waals surface area contributed by atoms with Gasteiger partial charge < -0.3 is 5.32 Å². The number of nitrogens with zero attached hydrogens (tertiary/aromatic N) is 3. The van der Waals surface area contributed by atoms with Crippen LogP contribution in [-0.2, 0) is 6.42 Å². The lowest BCUT2D eigenvalue weighted by Gasteiger charge is -2.19. The van der Waals surface area contributed by atoms with Crippen LogP contribution in [0.25, 0.3) is 16.7 Å². The van der Waals surface area contributed by atoms with Gasteiger partial charge in [-0.2, -0.15) is 5.26 Å². The molecular weight excluding hydrogens is 344 g/mol. The van der Waals surface area contributed by atoms with Crippen molar-refractivity contribution in [3.8, 4) is 6.07 Å². The van der Waals surface area contributed by atoms with Gasteiger partial charge in [0, 0.05) is 5.69 Å². The van der Waals surface area contributed by atoms with Gasteiger partial charge in [0.1, 0.15) is 11.9 Å². The molecule has 1 N–H and O–H groups in total. The molecular formula is C24H24N4. The minimum atomic E-state index is 0.668. The first-order chi connectivity index (χ1) is 13.7. The Morgan fingerprint density at radius 2 is 1.79 bits per heavy atom. The second kappa shape index (κ2) is 7.74. The van der Waals surface area contributed by atoms with Gasteiger partial charge in [0.25, 0.3) is 0 Å². The highest BCUT2D eigenvalue weighted by Crippen LogP contribution is 2.33. The highest BCUT2D eigenvalue weighted by Gasteiger charge is 2.20. The van der Waals surface area contributed by atoms with E-state index < -0.39 is 0 Å². The van der Waals surface area contributed by atoms with E-state index in [0.717, 1.165) is 46.6 Å². The summed E-state index contributed by atoms with van der Waals surface area (Å²) in [6.45, 7) is 4.26. The fraction of sp³-hybridized carbons (Fsp3) is 0.250. The van der Waals surface area contributed by atoms with E-state index in [1.165, 1.54) is 18.4 Å². The van der Waals surface area contributed by atoms with Gasteiger partial charge in [-0.15, -0.1) is 0 Å². The number of aromatic nitrogens is 2. The molecule has 0 spiro atoms. The summed E-state index contributed by atoms with van der Waals surface area (Å²) in [5, 5.41) is 13.5. The summed E-state index contributed by atoms with van der Waals surface area (Å²) in [4.78, 5) is 4.79. The SMILES string of the molecule is CCCCCc1c(C)c(C#N)c2nc3ccccc3n2c1Nc1ccccc1. The summed E-state index contributed by atoms with van der Waals surface area (Å²) >= 11 is 0. The van der Waals surface area contributed by atoms with Gasteiger partial charge in [0.05, 0.1) is 16.6 Å². The molecule has 0 radical (unpaired) electrons. The monoisotopic (exact) mass is 368 g/mol. The number of benzene rings is 2. The number of rotatable bonds is 6. The van der Waals surface area contributed by atoms with E-state index >= 15 is 0 Å². The quantitative estimate of drug-likeness (QED) is 0.416. The molecule has 0 aliphatic carbocycles. The summed E-state index contributed by atoms with van der Waals surface area (Å²) in [5.41, 5.74) is 6.57. The molecule has 0 saturated carbocycles. The highest BCUT2D eigenvalue weighted by atomic mass is 15.1. The lowest BCUT2D eigenvalue weighted by molar-refractivity contribution is 0.714. The molecule has 2 heterocycles. The van der Waals surface area contributed by atoms with Gasteiger partial charge in [-0.05, 0) is 55.2 Å². The lowest BCUT2D eigenvalue weighted by Crippen LogP contribution is -2.08. The molecule has 0 aliphatic rings. The smallest absolute Gasteiger partial charge is 0.157 e. The Morgan fingerprint density at radius 3 is 2.54 bits per heavy atom. The molecule has 0 fully saturated rings. The van der Waals surface area contributed by atoms with E-state index in [0.29, 0.717) is 5.56 Å². The first-order valence-electron chi connectivity index (χ1n) is 9.89. The number of anilines is 2. The second-order valence-corrected chi connectivity index (χ2v) is 7.15. The second-order valence-electron chi connectivity index (χ2n) is 7.15. The minimum absolute atomic E-state index is 0.668. The molecule has 2 aromatic carbocycles. The average molecular weight is 368 g/mol. The van der Waals surface area contributed by atoms with Gasteiger partial charge in [-0.3, -0.25) is 4.40 Å². The van der Waals surface area contributed by atoms with Crippen LogP contribution in [-0.4, -0.2) is 9.38 Å². The van der Waals surface area contributed by atoms with E-state index in [1.807, 2.05) is 36.4 Å². The highest BCUT2D eigenvalue weighted by molar-refractivity contribution is 5.87. The van der Waals surface area contributed by atoms with Gasteiger partial charge in [0.2, 0.25) is 0 Å². The number of unbranched alkanes of at least 4 members (excludes halogenated alkanes) is 2. The summed E-state index contributed by atoms with van der Waals surface area (Å²) in [6, 6.07) is 20.7. The number of nitriles is 1. The van der Waals surface area contributed by atoms with Crippen molar-refractivity contribution in [3.05, 3.63) is 71.3 Å². The van der Waals surface area contributed by atoms with Crippen molar-refractivity contribution < 1.29 is 0 Å². The maximum atomic E-state index is 9.89. The Labute approximate surface area is 165 Å². The number of pyridine rings is 1.